The van der Waals surface area contributed by atoms with Crippen LogP contribution >= 0.6 is 0 Å². The van der Waals surface area contributed by atoms with Crippen molar-refractivity contribution in [1.82, 2.24) is 0 Å². The van der Waals surface area contributed by atoms with Crippen LogP contribution in [0.25, 0.3) is 0 Å². The van der Waals surface area contributed by atoms with Crippen molar-refractivity contribution in [2.24, 2.45) is 0 Å². The maximum atomic E-state index is 8.25. The Morgan fingerprint density at radius 1 is 1.00 bits per heavy atom. The van der Waals surface area contributed by atoms with E-state index >= 15 is 0 Å². The van der Waals surface area contributed by atoms with Gasteiger partial charge in [0.05, 0.1) is 26.2 Å². The second-order valence-electron chi connectivity index (χ2n) is 2.70. The molecule has 0 bridgehead atoms. The van der Waals surface area contributed by atoms with Crippen molar-refractivity contribution in [2.75, 3.05) is 26.2 Å². The van der Waals surface area contributed by atoms with Crippen molar-refractivity contribution in [3.05, 3.63) is 0 Å². The summed E-state index contributed by atoms with van der Waals surface area (Å²) in [5.41, 5.74) is 0. The second kappa shape index (κ2) is 8.72. The Labute approximate surface area is 76.3 Å². The maximum absolute atomic E-state index is 8.25. The van der Waals surface area contributed by atoms with Crippen LogP contribution in [-0.4, -0.2) is 38.0 Å². The summed E-state index contributed by atoms with van der Waals surface area (Å²) in [6.45, 7) is 14.2. The van der Waals surface area contributed by atoms with Crippen molar-refractivity contribution in [2.45, 2.75) is 27.7 Å². The zero-order valence-corrected chi connectivity index (χ0v) is 8.67. The monoisotopic (exact) mass is 173 g/mol. The van der Waals surface area contributed by atoms with Crippen LogP contribution in [0.15, 0.2) is 0 Å². The fourth-order valence-corrected chi connectivity index (χ4v) is 1.34. The molecule has 4 heteroatoms. The SMILES string of the molecule is CC[N+](CC)(CC)CC.O=B[O-]. The molecule has 0 saturated carbocycles. The van der Waals surface area contributed by atoms with E-state index in [4.69, 9.17) is 9.73 Å². The van der Waals surface area contributed by atoms with Gasteiger partial charge in [-0.3, -0.25) is 0 Å². The molecule has 0 rings (SSSR count). The van der Waals surface area contributed by atoms with E-state index in [1.165, 1.54) is 30.7 Å². The zero-order chi connectivity index (χ0) is 10.0. The van der Waals surface area contributed by atoms with Gasteiger partial charge in [-0.15, -0.1) is 0 Å². The fourth-order valence-electron chi connectivity index (χ4n) is 1.34. The normalized spacial score (nSPS) is 9.67. The van der Waals surface area contributed by atoms with Gasteiger partial charge in [-0.1, -0.05) is 0 Å². The molecule has 0 spiro atoms. The molecule has 0 fully saturated rings. The summed E-state index contributed by atoms with van der Waals surface area (Å²) in [5, 5.41) is 8.25. The summed E-state index contributed by atoms with van der Waals surface area (Å²) in [7, 11) is -0.500. The summed E-state index contributed by atoms with van der Waals surface area (Å²) in [6.07, 6.45) is 0. The van der Waals surface area contributed by atoms with E-state index in [1.54, 1.807) is 0 Å². The first-order valence-electron chi connectivity index (χ1n) is 4.56. The Kier molecular flexibility index (Phi) is 10.3. The molecule has 0 radical (unpaired) electrons. The number of hydrogen-bond donors (Lipinski definition) is 0. The summed E-state index contributed by atoms with van der Waals surface area (Å²) >= 11 is 0. The molecule has 72 valence electrons. The first-order chi connectivity index (χ1) is 5.66. The van der Waals surface area contributed by atoms with Crippen LogP contribution in [-0.2, 0) is 4.70 Å². The van der Waals surface area contributed by atoms with Gasteiger partial charge in [0, 0.05) is 0 Å². The quantitative estimate of drug-likeness (QED) is 0.449. The molecule has 0 aromatic heterocycles. The molecule has 0 atom stereocenters. The predicted octanol–water partition coefficient (Wildman–Crippen LogP) is 0.194. The van der Waals surface area contributed by atoms with Crippen LogP contribution < -0.4 is 5.02 Å². The summed E-state index contributed by atoms with van der Waals surface area (Å²) in [6, 6.07) is 0. The topological polar surface area (TPSA) is 40.1 Å². The fraction of sp³-hybridized carbons (Fsp3) is 1.00. The van der Waals surface area contributed by atoms with Gasteiger partial charge in [-0.2, -0.15) is 0 Å². The number of rotatable bonds is 4. The molecular formula is C8H20BNO2. The van der Waals surface area contributed by atoms with E-state index in [0.717, 1.165) is 0 Å². The average Bonchev–Trinajstić information content (AvgIpc) is 2.11. The minimum absolute atomic E-state index is 0.500. The molecule has 0 aliphatic carbocycles. The average molecular weight is 173 g/mol. The number of hydrogen-bond acceptors (Lipinski definition) is 2. The number of quaternary nitrogens is 1. The molecule has 0 amide bonds. The van der Waals surface area contributed by atoms with Gasteiger partial charge in [0.15, 0.2) is 0 Å². The minimum atomic E-state index is -0.500. The van der Waals surface area contributed by atoms with E-state index in [-0.39, 0.29) is 0 Å². The molecule has 0 saturated heterocycles. The van der Waals surface area contributed by atoms with E-state index < -0.39 is 7.35 Å². The van der Waals surface area contributed by atoms with Gasteiger partial charge >= 0.3 is 17.1 Å². The van der Waals surface area contributed by atoms with Crippen molar-refractivity contribution < 1.29 is 14.2 Å². The molecule has 0 aromatic carbocycles. The van der Waals surface area contributed by atoms with Gasteiger partial charge in [-0.05, 0) is 27.7 Å². The van der Waals surface area contributed by atoms with Crippen molar-refractivity contribution in [3.8, 4) is 0 Å². The van der Waals surface area contributed by atoms with Crippen LogP contribution in [0.5, 0.6) is 0 Å². The van der Waals surface area contributed by atoms with E-state index in [0.29, 0.717) is 0 Å². The zero-order valence-electron chi connectivity index (χ0n) is 8.67. The summed E-state index contributed by atoms with van der Waals surface area (Å²) in [4.78, 5) is 0. The molecule has 0 heterocycles. The summed E-state index contributed by atoms with van der Waals surface area (Å²) < 4.78 is 9.53. The Balaban J connectivity index is 0. The van der Waals surface area contributed by atoms with Crippen LogP contribution in [0.1, 0.15) is 27.7 Å². The Hall–Kier alpha value is -0.375. The van der Waals surface area contributed by atoms with Gasteiger partial charge in [0.2, 0.25) is 0 Å². The third kappa shape index (κ3) is 5.30. The third-order valence-corrected chi connectivity index (χ3v) is 2.68. The van der Waals surface area contributed by atoms with E-state index in [9.17, 15) is 0 Å². The molecule has 12 heavy (non-hydrogen) atoms. The van der Waals surface area contributed by atoms with E-state index in [2.05, 4.69) is 27.7 Å². The molecule has 0 aliphatic heterocycles. The van der Waals surface area contributed by atoms with Gasteiger partial charge in [-0.25, -0.2) is 0 Å². The predicted molar refractivity (Wildman–Crippen MR) is 48.9 cm³/mol. The first-order valence-corrected chi connectivity index (χ1v) is 4.56. The molecule has 0 aliphatic rings. The van der Waals surface area contributed by atoms with Crippen molar-refractivity contribution in [1.29, 1.82) is 0 Å². The van der Waals surface area contributed by atoms with Crippen molar-refractivity contribution in [3.63, 3.8) is 0 Å². The van der Waals surface area contributed by atoms with E-state index in [1.807, 2.05) is 0 Å². The Morgan fingerprint density at radius 2 is 1.17 bits per heavy atom. The van der Waals surface area contributed by atoms with Gasteiger partial charge in [0.1, 0.15) is 0 Å². The molecule has 3 nitrogen and oxygen atoms in total. The van der Waals surface area contributed by atoms with Gasteiger partial charge < -0.3 is 4.48 Å². The Morgan fingerprint density at radius 3 is 1.17 bits per heavy atom. The second-order valence-corrected chi connectivity index (χ2v) is 2.70. The molecular weight excluding hydrogens is 153 g/mol. The molecule has 0 unspecified atom stereocenters. The molecule has 0 N–H and O–H groups in total. The molecule has 0 aromatic rings. The van der Waals surface area contributed by atoms with Crippen molar-refractivity contribution >= 4 is 7.35 Å². The Bertz CT molecular complexity index is 87.7. The van der Waals surface area contributed by atoms with Crippen LogP contribution in [0.2, 0.25) is 0 Å². The van der Waals surface area contributed by atoms with Crippen LogP contribution in [0.3, 0.4) is 0 Å². The van der Waals surface area contributed by atoms with Gasteiger partial charge in [0.25, 0.3) is 0 Å². The third-order valence-electron chi connectivity index (χ3n) is 2.68. The summed E-state index contributed by atoms with van der Waals surface area (Å²) in [5.74, 6) is 0. The number of nitrogens with zero attached hydrogens (tertiary/aromatic N) is 1. The van der Waals surface area contributed by atoms with Crippen LogP contribution in [0, 0.1) is 0 Å². The first kappa shape index (κ1) is 14.2. The van der Waals surface area contributed by atoms with Crippen LogP contribution in [0.4, 0.5) is 0 Å². The standard InChI is InChI=1S/C8H20N.BO2/c1-5-9(6-2,7-3)8-4;2-1-3/h5-8H2,1-4H3;/q+1;-1.